The molecule has 0 heterocycles. The predicted molar refractivity (Wildman–Crippen MR) is 144 cm³/mol. The molecular weight excluding hydrogens is 412 g/mol. The van der Waals surface area contributed by atoms with Crippen LogP contribution >= 0.6 is 0 Å². The molecule has 4 aromatic rings. The summed E-state index contributed by atoms with van der Waals surface area (Å²) in [7, 11) is 0. The third-order valence-electron chi connectivity index (χ3n) is 7.23. The molecule has 0 spiro atoms. The molecule has 0 unspecified atom stereocenters. The highest BCUT2D eigenvalue weighted by Gasteiger charge is 2.11. The molecule has 4 aliphatic carbocycles. The van der Waals surface area contributed by atoms with E-state index in [-0.39, 0.29) is 0 Å². The van der Waals surface area contributed by atoms with E-state index in [1.54, 1.807) is 0 Å². The molecule has 0 amide bonds. The standard InChI is InChI=1S/C32H34N2/c33-31-17-7-23(8-18-31)1-15-29-21-25-3-11-27(29)13-5-26-4-12-28(14-6-25)30(22-26)16-2-24-9-19-32(34)20-10-24/h3-4,7-12,17-22H,1-2,5-6,13-16,33-34H2. The molecule has 4 aliphatic rings. The van der Waals surface area contributed by atoms with E-state index in [2.05, 4.69) is 60.7 Å². The van der Waals surface area contributed by atoms with Gasteiger partial charge in [0, 0.05) is 11.4 Å². The van der Waals surface area contributed by atoms with E-state index in [1.807, 2.05) is 24.3 Å². The summed E-state index contributed by atoms with van der Waals surface area (Å²) in [4.78, 5) is 0. The summed E-state index contributed by atoms with van der Waals surface area (Å²) in [6.07, 6.45) is 8.63. The lowest BCUT2D eigenvalue weighted by molar-refractivity contribution is 0.853. The molecule has 2 nitrogen and oxygen atoms in total. The molecule has 0 aliphatic heterocycles. The number of nitrogen functional groups attached to an aromatic ring is 2. The minimum atomic E-state index is 0.833. The van der Waals surface area contributed by atoms with E-state index < -0.39 is 0 Å². The van der Waals surface area contributed by atoms with E-state index in [0.29, 0.717) is 0 Å². The van der Waals surface area contributed by atoms with Crippen molar-refractivity contribution in [1.29, 1.82) is 0 Å². The van der Waals surface area contributed by atoms with Crippen LogP contribution in [-0.2, 0) is 51.4 Å². The van der Waals surface area contributed by atoms with E-state index in [9.17, 15) is 0 Å². The second-order valence-corrected chi connectivity index (χ2v) is 9.69. The van der Waals surface area contributed by atoms with Gasteiger partial charge in [-0.05, 0) is 120 Å². The topological polar surface area (TPSA) is 52.0 Å². The van der Waals surface area contributed by atoms with Gasteiger partial charge < -0.3 is 11.5 Å². The maximum atomic E-state index is 5.86. The first-order chi connectivity index (χ1) is 16.6. The Morgan fingerprint density at radius 3 is 1.26 bits per heavy atom. The van der Waals surface area contributed by atoms with Crippen molar-refractivity contribution >= 4 is 11.4 Å². The van der Waals surface area contributed by atoms with Crippen LogP contribution in [0.15, 0.2) is 84.9 Å². The van der Waals surface area contributed by atoms with Crippen molar-refractivity contribution in [2.45, 2.75) is 51.4 Å². The monoisotopic (exact) mass is 446 g/mol. The Balaban J connectivity index is 1.32. The summed E-state index contributed by atoms with van der Waals surface area (Å²) >= 11 is 0. The zero-order valence-electron chi connectivity index (χ0n) is 19.9. The van der Waals surface area contributed by atoms with E-state index in [0.717, 1.165) is 62.7 Å². The van der Waals surface area contributed by atoms with E-state index in [4.69, 9.17) is 11.5 Å². The van der Waals surface area contributed by atoms with Crippen molar-refractivity contribution in [2.75, 3.05) is 11.5 Å². The summed E-state index contributed by atoms with van der Waals surface area (Å²) in [6, 6.07) is 31.0. The smallest absolute Gasteiger partial charge is 0.0314 e. The van der Waals surface area contributed by atoms with Crippen LogP contribution in [0.5, 0.6) is 0 Å². The van der Waals surface area contributed by atoms with Gasteiger partial charge in [-0.3, -0.25) is 0 Å². The highest BCUT2D eigenvalue weighted by atomic mass is 14.5. The van der Waals surface area contributed by atoms with Crippen molar-refractivity contribution in [3.8, 4) is 0 Å². The second kappa shape index (κ2) is 10.2. The van der Waals surface area contributed by atoms with Gasteiger partial charge in [0.1, 0.15) is 0 Å². The lowest BCUT2D eigenvalue weighted by atomic mass is 9.88. The Kier molecular flexibility index (Phi) is 6.67. The zero-order valence-corrected chi connectivity index (χ0v) is 19.9. The fourth-order valence-electron chi connectivity index (χ4n) is 5.11. The Labute approximate surface area is 203 Å². The lowest BCUT2D eigenvalue weighted by Crippen LogP contribution is -2.06. The summed E-state index contributed by atoms with van der Waals surface area (Å²) in [5.74, 6) is 0. The molecule has 4 aromatic carbocycles. The number of anilines is 2. The van der Waals surface area contributed by atoms with Crippen LogP contribution < -0.4 is 11.5 Å². The van der Waals surface area contributed by atoms with Gasteiger partial charge >= 0.3 is 0 Å². The average Bonchev–Trinajstić information content (AvgIpc) is 2.85. The third kappa shape index (κ3) is 5.51. The molecule has 0 saturated carbocycles. The van der Waals surface area contributed by atoms with Gasteiger partial charge in [0.05, 0.1) is 0 Å². The molecule has 0 fully saturated rings. The first-order valence-electron chi connectivity index (χ1n) is 12.5. The van der Waals surface area contributed by atoms with Crippen molar-refractivity contribution in [1.82, 2.24) is 0 Å². The Morgan fingerprint density at radius 2 is 0.853 bits per heavy atom. The summed E-state index contributed by atoms with van der Waals surface area (Å²) in [5.41, 5.74) is 25.0. The van der Waals surface area contributed by atoms with Crippen LogP contribution in [0, 0.1) is 0 Å². The Bertz CT molecular complexity index is 1150. The first kappa shape index (κ1) is 22.3. The van der Waals surface area contributed by atoms with Crippen molar-refractivity contribution in [3.05, 3.63) is 129 Å². The van der Waals surface area contributed by atoms with Crippen molar-refractivity contribution < 1.29 is 0 Å². The summed E-state index contributed by atoms with van der Waals surface area (Å²) in [6.45, 7) is 0. The quantitative estimate of drug-likeness (QED) is 0.341. The molecular formula is C32H34N2. The van der Waals surface area contributed by atoms with Crippen molar-refractivity contribution in [2.24, 2.45) is 0 Å². The number of aryl methyl sites for hydroxylation is 8. The molecule has 34 heavy (non-hydrogen) atoms. The maximum Gasteiger partial charge on any atom is 0.0314 e. The number of hydrogen-bond donors (Lipinski definition) is 2. The Morgan fingerprint density at radius 1 is 0.441 bits per heavy atom. The normalized spacial score (nSPS) is 12.9. The molecule has 2 heteroatoms. The first-order valence-corrected chi connectivity index (χ1v) is 12.5. The third-order valence-corrected chi connectivity index (χ3v) is 7.23. The highest BCUT2D eigenvalue weighted by Crippen LogP contribution is 2.24. The lowest BCUT2D eigenvalue weighted by Gasteiger charge is -2.17. The molecule has 0 atom stereocenters. The second-order valence-electron chi connectivity index (χ2n) is 9.69. The van der Waals surface area contributed by atoms with Gasteiger partial charge in [0.2, 0.25) is 0 Å². The van der Waals surface area contributed by atoms with Crippen LogP contribution in [-0.4, -0.2) is 0 Å². The number of benzene rings is 4. The zero-order chi connectivity index (χ0) is 23.3. The minimum Gasteiger partial charge on any atom is -0.399 e. The molecule has 172 valence electrons. The van der Waals surface area contributed by atoms with E-state index in [1.165, 1.54) is 44.5 Å². The predicted octanol–water partition coefficient (Wildman–Crippen LogP) is 6.31. The minimum absolute atomic E-state index is 0.833. The Hall–Kier alpha value is -3.52. The van der Waals surface area contributed by atoms with Gasteiger partial charge in [0.25, 0.3) is 0 Å². The van der Waals surface area contributed by atoms with Crippen LogP contribution in [0.25, 0.3) is 0 Å². The van der Waals surface area contributed by atoms with Crippen molar-refractivity contribution in [3.63, 3.8) is 0 Å². The fraction of sp³-hybridized carbons (Fsp3) is 0.250. The SMILES string of the molecule is Nc1ccc(CCc2cc3ccc2CCc2ccc(c(CCc4ccc(N)cc4)c2)CC3)cc1. The number of rotatable bonds is 6. The molecule has 0 saturated heterocycles. The van der Waals surface area contributed by atoms with Gasteiger partial charge in [-0.2, -0.15) is 0 Å². The molecule has 0 aromatic heterocycles. The number of nitrogens with two attached hydrogens (primary N) is 2. The van der Waals surface area contributed by atoms with Crippen LogP contribution in [0.2, 0.25) is 0 Å². The molecule has 4 N–H and O–H groups in total. The summed E-state index contributed by atoms with van der Waals surface area (Å²) < 4.78 is 0. The molecule has 8 rings (SSSR count). The van der Waals surface area contributed by atoms with Gasteiger partial charge in [-0.25, -0.2) is 0 Å². The van der Waals surface area contributed by atoms with Gasteiger partial charge in [-0.15, -0.1) is 0 Å². The number of hydrogen-bond acceptors (Lipinski definition) is 2. The summed E-state index contributed by atoms with van der Waals surface area (Å²) in [5, 5.41) is 0. The van der Waals surface area contributed by atoms with E-state index >= 15 is 0 Å². The fourth-order valence-corrected chi connectivity index (χ4v) is 5.11. The van der Waals surface area contributed by atoms with Crippen LogP contribution in [0.4, 0.5) is 11.4 Å². The average molecular weight is 447 g/mol. The van der Waals surface area contributed by atoms with Crippen LogP contribution in [0.3, 0.4) is 0 Å². The maximum absolute atomic E-state index is 5.86. The van der Waals surface area contributed by atoms with Gasteiger partial charge in [-0.1, -0.05) is 60.7 Å². The molecule has 4 bridgehead atoms. The molecule has 0 radical (unpaired) electrons. The largest absolute Gasteiger partial charge is 0.399 e. The highest BCUT2D eigenvalue weighted by molar-refractivity contribution is 5.42. The van der Waals surface area contributed by atoms with Crippen LogP contribution in [0.1, 0.15) is 44.5 Å². The van der Waals surface area contributed by atoms with Gasteiger partial charge in [0.15, 0.2) is 0 Å².